The molecule has 0 atom stereocenters. The maximum absolute atomic E-state index is 13.0. The molecule has 1 N–H and O–H groups in total. The minimum atomic E-state index is -4.00. The first-order chi connectivity index (χ1) is 15.6. The van der Waals surface area contributed by atoms with Crippen LogP contribution in [0.5, 0.6) is 0 Å². The molecule has 0 bridgehead atoms. The molecule has 0 aliphatic carbocycles. The fourth-order valence-corrected chi connectivity index (χ4v) is 6.19. The number of likely N-dealkylation sites (N-methyl/N-ethyl adjacent to an activating group) is 1. The number of hydrogen-bond acceptors (Lipinski definition) is 6. The number of ether oxygens (including phenoxy) is 1. The number of halogens is 1. The Balaban J connectivity index is 1.67. The third-order valence-corrected chi connectivity index (χ3v) is 9.24. The Morgan fingerprint density at radius 3 is 2.15 bits per heavy atom. The number of nitrogens with one attached hydrogen (secondary N) is 1. The van der Waals surface area contributed by atoms with Crippen molar-refractivity contribution in [3.63, 3.8) is 0 Å². The molecule has 1 heterocycles. The summed E-state index contributed by atoms with van der Waals surface area (Å²) in [5.41, 5.74) is 0.829. The topological polar surface area (TPSA) is 113 Å². The van der Waals surface area contributed by atoms with Crippen LogP contribution in [0.25, 0.3) is 0 Å². The van der Waals surface area contributed by atoms with Gasteiger partial charge in [0, 0.05) is 31.2 Å². The molecular weight excluding hydrogens is 490 g/mol. The largest absolute Gasteiger partial charge is 0.379 e. The third-order valence-electron chi connectivity index (χ3n) is 5.14. The van der Waals surface area contributed by atoms with Crippen molar-refractivity contribution in [3.05, 3.63) is 59.1 Å². The van der Waals surface area contributed by atoms with Gasteiger partial charge in [-0.2, -0.15) is 8.61 Å². The van der Waals surface area contributed by atoms with E-state index in [0.29, 0.717) is 18.2 Å². The second-order valence-electron chi connectivity index (χ2n) is 7.32. The molecule has 2 aromatic carbocycles. The van der Waals surface area contributed by atoms with E-state index in [4.69, 9.17) is 16.3 Å². The fourth-order valence-electron chi connectivity index (χ4n) is 3.25. The third kappa shape index (κ3) is 6.31. The van der Waals surface area contributed by atoms with E-state index in [0.717, 1.165) is 9.87 Å². The maximum atomic E-state index is 13.0. The Kier molecular flexibility index (Phi) is 8.48. The summed E-state index contributed by atoms with van der Waals surface area (Å²) in [6.07, 6.45) is 0. The van der Waals surface area contributed by atoms with Gasteiger partial charge >= 0.3 is 0 Å². The molecule has 1 aliphatic heterocycles. The number of carbonyl (C=O) groups excluding carboxylic acids is 1. The zero-order valence-electron chi connectivity index (χ0n) is 18.1. The van der Waals surface area contributed by atoms with Crippen LogP contribution in [0.2, 0.25) is 5.02 Å². The second-order valence-corrected chi connectivity index (χ2v) is 11.6. The van der Waals surface area contributed by atoms with Crippen molar-refractivity contribution in [2.45, 2.75) is 23.3 Å². The summed E-state index contributed by atoms with van der Waals surface area (Å²) in [6.45, 7) is 2.70. The molecule has 12 heteroatoms. The molecule has 33 heavy (non-hydrogen) atoms. The number of carbonyl (C=O) groups is 1. The van der Waals surface area contributed by atoms with Gasteiger partial charge in [-0.25, -0.2) is 16.8 Å². The highest BCUT2D eigenvalue weighted by molar-refractivity contribution is 7.89. The average Bonchev–Trinajstić information content (AvgIpc) is 2.82. The predicted octanol–water partition coefficient (Wildman–Crippen LogP) is 1.69. The second kappa shape index (κ2) is 10.9. The quantitative estimate of drug-likeness (QED) is 0.543. The lowest BCUT2D eigenvalue weighted by atomic mass is 10.2. The van der Waals surface area contributed by atoms with Crippen LogP contribution in [0.1, 0.15) is 12.5 Å². The monoisotopic (exact) mass is 515 g/mol. The number of hydrogen-bond donors (Lipinski definition) is 1. The molecule has 1 saturated heterocycles. The summed E-state index contributed by atoms with van der Waals surface area (Å²) >= 11 is 5.84. The summed E-state index contributed by atoms with van der Waals surface area (Å²) in [5, 5.41) is 3.27. The summed E-state index contributed by atoms with van der Waals surface area (Å²) in [5.74, 6) is -0.457. The van der Waals surface area contributed by atoms with Crippen LogP contribution in [0.15, 0.2) is 58.3 Å². The zero-order chi connectivity index (χ0) is 24.1. The normalized spacial score (nSPS) is 15.5. The Bertz CT molecular complexity index is 1160. The van der Waals surface area contributed by atoms with E-state index >= 15 is 0 Å². The minimum Gasteiger partial charge on any atom is -0.379 e. The van der Waals surface area contributed by atoms with Crippen molar-refractivity contribution in [1.82, 2.24) is 13.9 Å². The van der Waals surface area contributed by atoms with E-state index < -0.39 is 26.0 Å². The molecule has 180 valence electrons. The van der Waals surface area contributed by atoms with E-state index in [9.17, 15) is 21.6 Å². The Labute approximate surface area is 199 Å². The molecular formula is C21H26ClN3O6S2. The van der Waals surface area contributed by atoms with Gasteiger partial charge in [-0.1, -0.05) is 30.7 Å². The predicted molar refractivity (Wildman–Crippen MR) is 124 cm³/mol. The van der Waals surface area contributed by atoms with Gasteiger partial charge in [-0.3, -0.25) is 4.79 Å². The van der Waals surface area contributed by atoms with Gasteiger partial charge in [0.25, 0.3) is 0 Å². The van der Waals surface area contributed by atoms with Crippen molar-refractivity contribution >= 4 is 37.6 Å². The van der Waals surface area contributed by atoms with E-state index in [1.54, 1.807) is 31.2 Å². The van der Waals surface area contributed by atoms with Crippen LogP contribution in [0.3, 0.4) is 0 Å². The van der Waals surface area contributed by atoms with Gasteiger partial charge in [0.05, 0.1) is 29.5 Å². The SMILES string of the molecule is CCN(CC(=O)NCc1ccc(Cl)cc1)S(=O)(=O)c1ccc(S(=O)(=O)N2CCOCC2)cc1. The van der Waals surface area contributed by atoms with Gasteiger partial charge in [-0.15, -0.1) is 0 Å². The molecule has 1 amide bonds. The first-order valence-corrected chi connectivity index (χ1v) is 13.6. The summed E-state index contributed by atoms with van der Waals surface area (Å²) < 4.78 is 59.1. The molecule has 0 saturated carbocycles. The first-order valence-electron chi connectivity index (χ1n) is 10.3. The van der Waals surface area contributed by atoms with Gasteiger partial charge in [0.1, 0.15) is 0 Å². The van der Waals surface area contributed by atoms with Crippen LogP contribution < -0.4 is 5.32 Å². The zero-order valence-corrected chi connectivity index (χ0v) is 20.5. The summed E-state index contributed by atoms with van der Waals surface area (Å²) in [6, 6.07) is 12.0. The average molecular weight is 516 g/mol. The van der Waals surface area contributed by atoms with Gasteiger partial charge in [0.15, 0.2) is 0 Å². The van der Waals surface area contributed by atoms with Crippen LogP contribution in [-0.4, -0.2) is 70.7 Å². The lowest BCUT2D eigenvalue weighted by Crippen LogP contribution is -2.41. The number of nitrogens with zero attached hydrogens (tertiary/aromatic N) is 2. The van der Waals surface area contributed by atoms with Gasteiger partial charge < -0.3 is 10.1 Å². The van der Waals surface area contributed by atoms with E-state index in [-0.39, 0.29) is 42.5 Å². The maximum Gasteiger partial charge on any atom is 0.243 e. The molecule has 2 aromatic rings. The highest BCUT2D eigenvalue weighted by Crippen LogP contribution is 2.21. The van der Waals surface area contributed by atoms with Crippen molar-refractivity contribution in [2.24, 2.45) is 0 Å². The lowest BCUT2D eigenvalue weighted by Gasteiger charge is -2.26. The smallest absolute Gasteiger partial charge is 0.243 e. The highest BCUT2D eigenvalue weighted by atomic mass is 35.5. The van der Waals surface area contributed by atoms with Crippen LogP contribution in [0, 0.1) is 0 Å². The van der Waals surface area contributed by atoms with E-state index in [2.05, 4.69) is 5.32 Å². The summed E-state index contributed by atoms with van der Waals surface area (Å²) in [4.78, 5) is 12.3. The van der Waals surface area contributed by atoms with Crippen molar-refractivity contribution < 1.29 is 26.4 Å². The van der Waals surface area contributed by atoms with Crippen molar-refractivity contribution in [2.75, 3.05) is 39.4 Å². The number of sulfonamides is 2. The minimum absolute atomic E-state index is 0.00658. The lowest BCUT2D eigenvalue weighted by molar-refractivity contribution is -0.121. The van der Waals surface area contributed by atoms with Crippen molar-refractivity contribution in [3.8, 4) is 0 Å². The molecule has 0 spiro atoms. The molecule has 1 fully saturated rings. The van der Waals surface area contributed by atoms with E-state index in [1.807, 2.05) is 0 Å². The fraction of sp³-hybridized carbons (Fsp3) is 0.381. The molecule has 0 radical (unpaired) electrons. The molecule has 9 nitrogen and oxygen atoms in total. The number of rotatable bonds is 9. The standard InChI is InChI=1S/C21H26ClN3O6S2/c1-2-24(16-21(26)23-15-17-3-5-18(22)6-4-17)32(27,28)19-7-9-20(10-8-19)33(29,30)25-11-13-31-14-12-25/h3-10H,2,11-16H2,1H3,(H,23,26). The van der Waals surface area contributed by atoms with Crippen LogP contribution in [0.4, 0.5) is 0 Å². The highest BCUT2D eigenvalue weighted by Gasteiger charge is 2.29. The number of benzene rings is 2. The van der Waals surface area contributed by atoms with E-state index in [1.165, 1.54) is 28.6 Å². The molecule has 1 aliphatic rings. The van der Waals surface area contributed by atoms with Crippen LogP contribution >= 0.6 is 11.6 Å². The molecule has 0 unspecified atom stereocenters. The Morgan fingerprint density at radius 1 is 1.00 bits per heavy atom. The number of morpholine rings is 1. The van der Waals surface area contributed by atoms with Crippen molar-refractivity contribution in [1.29, 1.82) is 0 Å². The summed E-state index contributed by atoms with van der Waals surface area (Å²) in [7, 11) is -7.73. The molecule has 0 aromatic heterocycles. The van der Waals surface area contributed by atoms with Crippen LogP contribution in [-0.2, 0) is 36.1 Å². The Hall–Kier alpha value is -2.02. The van der Waals surface area contributed by atoms with Gasteiger partial charge in [0.2, 0.25) is 26.0 Å². The first kappa shape index (κ1) is 25.6. The van der Waals surface area contributed by atoms with Gasteiger partial charge in [-0.05, 0) is 42.0 Å². The Morgan fingerprint density at radius 2 is 1.58 bits per heavy atom. The molecule has 3 rings (SSSR count). The number of amides is 1.